The van der Waals surface area contributed by atoms with E-state index in [9.17, 15) is 0 Å². The zero-order valence-electron chi connectivity index (χ0n) is 14.1. The van der Waals surface area contributed by atoms with Gasteiger partial charge in [-0.25, -0.2) is 4.68 Å². The van der Waals surface area contributed by atoms with Crippen molar-refractivity contribution in [1.82, 2.24) is 15.0 Å². The van der Waals surface area contributed by atoms with Crippen molar-refractivity contribution in [2.24, 2.45) is 5.73 Å². The van der Waals surface area contributed by atoms with Crippen molar-refractivity contribution in [2.75, 3.05) is 0 Å². The van der Waals surface area contributed by atoms with Gasteiger partial charge in [0.2, 0.25) is 0 Å². The molecule has 0 radical (unpaired) electrons. The molecule has 0 saturated carbocycles. The first-order valence-corrected chi connectivity index (χ1v) is 8.37. The second-order valence-electron chi connectivity index (χ2n) is 6.03. The van der Waals surface area contributed by atoms with Gasteiger partial charge >= 0.3 is 0 Å². The number of hydrogen-bond donors (Lipinski definition) is 1. The van der Waals surface area contributed by atoms with E-state index < -0.39 is 0 Å². The van der Waals surface area contributed by atoms with Crippen molar-refractivity contribution < 1.29 is 0 Å². The lowest BCUT2D eigenvalue weighted by molar-refractivity contribution is 0.524. The Kier molecular flexibility index (Phi) is 6.13. The normalized spacial score (nSPS) is 11.1. The van der Waals surface area contributed by atoms with Crippen LogP contribution in [-0.4, -0.2) is 15.0 Å². The third kappa shape index (κ3) is 3.95. The average molecular weight is 300 g/mol. The molecular formula is C18H28N4. The van der Waals surface area contributed by atoms with Gasteiger partial charge in [-0.2, -0.15) is 0 Å². The van der Waals surface area contributed by atoms with E-state index in [-0.39, 0.29) is 0 Å². The lowest BCUT2D eigenvalue weighted by Gasteiger charge is -2.10. The van der Waals surface area contributed by atoms with Crippen LogP contribution < -0.4 is 5.73 Å². The van der Waals surface area contributed by atoms with Gasteiger partial charge in [0, 0.05) is 18.7 Å². The smallest absolute Gasteiger partial charge is 0.104 e. The van der Waals surface area contributed by atoms with Crippen LogP contribution in [0.5, 0.6) is 0 Å². The molecule has 22 heavy (non-hydrogen) atoms. The highest BCUT2D eigenvalue weighted by molar-refractivity contribution is 5.63. The fourth-order valence-corrected chi connectivity index (χ4v) is 2.71. The predicted octanol–water partition coefficient (Wildman–Crippen LogP) is 3.99. The molecule has 4 nitrogen and oxygen atoms in total. The Morgan fingerprint density at radius 3 is 2.50 bits per heavy atom. The van der Waals surface area contributed by atoms with E-state index in [2.05, 4.69) is 49.3 Å². The first-order valence-electron chi connectivity index (χ1n) is 8.37. The maximum atomic E-state index is 5.85. The van der Waals surface area contributed by atoms with Gasteiger partial charge in [0.15, 0.2) is 0 Å². The van der Waals surface area contributed by atoms with E-state index >= 15 is 0 Å². The molecule has 0 spiro atoms. The van der Waals surface area contributed by atoms with Crippen LogP contribution in [0.3, 0.4) is 0 Å². The van der Waals surface area contributed by atoms with Crippen LogP contribution in [0.1, 0.15) is 55.8 Å². The molecule has 2 rings (SSSR count). The molecule has 2 aromatic rings. The molecule has 120 valence electrons. The second kappa shape index (κ2) is 8.08. The summed E-state index contributed by atoms with van der Waals surface area (Å²) in [7, 11) is 0. The number of nitrogens with zero attached hydrogens (tertiary/aromatic N) is 3. The van der Waals surface area contributed by atoms with E-state index in [0.29, 0.717) is 6.54 Å². The summed E-state index contributed by atoms with van der Waals surface area (Å²) in [4.78, 5) is 0. The Bertz CT molecular complexity index is 601. The highest BCUT2D eigenvalue weighted by atomic mass is 15.4. The minimum Gasteiger partial charge on any atom is -0.325 e. The fourth-order valence-electron chi connectivity index (χ4n) is 2.71. The van der Waals surface area contributed by atoms with Crippen molar-refractivity contribution in [2.45, 2.75) is 66.0 Å². The molecular weight excluding hydrogens is 272 g/mol. The van der Waals surface area contributed by atoms with Gasteiger partial charge in [0.25, 0.3) is 0 Å². The molecule has 0 amide bonds. The lowest BCUT2D eigenvalue weighted by atomic mass is 10.0. The molecule has 0 aliphatic rings. The Morgan fingerprint density at radius 2 is 1.82 bits per heavy atom. The molecule has 0 fully saturated rings. The van der Waals surface area contributed by atoms with Gasteiger partial charge in [0.1, 0.15) is 5.69 Å². The van der Waals surface area contributed by atoms with Crippen molar-refractivity contribution in [3.05, 3.63) is 35.0 Å². The molecule has 0 aliphatic heterocycles. The summed E-state index contributed by atoms with van der Waals surface area (Å²) in [5.41, 5.74) is 11.6. The third-order valence-corrected chi connectivity index (χ3v) is 4.25. The monoisotopic (exact) mass is 300 g/mol. The van der Waals surface area contributed by atoms with Gasteiger partial charge in [-0.15, -0.1) is 5.10 Å². The molecule has 4 heteroatoms. The molecule has 2 N–H and O–H groups in total. The summed E-state index contributed by atoms with van der Waals surface area (Å²) in [6.07, 6.45) is 6.28. The van der Waals surface area contributed by atoms with Crippen molar-refractivity contribution >= 4 is 0 Å². The quantitative estimate of drug-likeness (QED) is 0.750. The summed E-state index contributed by atoms with van der Waals surface area (Å²) in [5.74, 6) is 0. The minimum atomic E-state index is 0.429. The number of rotatable bonds is 8. The van der Waals surface area contributed by atoms with Crippen LogP contribution in [0.15, 0.2) is 18.2 Å². The number of benzene rings is 1. The highest BCUT2D eigenvalue weighted by Gasteiger charge is 2.14. The summed E-state index contributed by atoms with van der Waals surface area (Å²) < 4.78 is 2.03. The van der Waals surface area contributed by atoms with Crippen LogP contribution in [0, 0.1) is 13.8 Å². The molecule has 1 heterocycles. The predicted molar refractivity (Wildman–Crippen MR) is 91.6 cm³/mol. The summed E-state index contributed by atoms with van der Waals surface area (Å²) in [6.45, 7) is 7.85. The molecule has 0 aliphatic carbocycles. The van der Waals surface area contributed by atoms with Crippen LogP contribution in [-0.2, 0) is 13.1 Å². The number of hydrogen-bond acceptors (Lipinski definition) is 3. The topological polar surface area (TPSA) is 56.7 Å². The van der Waals surface area contributed by atoms with Crippen LogP contribution in [0.2, 0.25) is 0 Å². The standard InChI is InChI=1S/C18H28N4/c1-4-5-6-7-8-11-22-18(17(13-19)20-21-22)16-10-9-14(2)15(3)12-16/h9-10,12H,4-8,11,13,19H2,1-3H3. The molecule has 0 unspecified atom stereocenters. The minimum absolute atomic E-state index is 0.429. The Morgan fingerprint density at radius 1 is 1.05 bits per heavy atom. The van der Waals surface area contributed by atoms with Crippen molar-refractivity contribution in [3.8, 4) is 11.3 Å². The summed E-state index contributed by atoms with van der Waals surface area (Å²) in [6, 6.07) is 6.51. The number of unbranched alkanes of at least 4 members (excludes halogenated alkanes) is 4. The van der Waals surface area contributed by atoms with Crippen LogP contribution >= 0.6 is 0 Å². The van der Waals surface area contributed by atoms with Crippen LogP contribution in [0.4, 0.5) is 0 Å². The number of nitrogens with two attached hydrogens (primary N) is 1. The molecule has 0 atom stereocenters. The maximum absolute atomic E-state index is 5.85. The van der Waals surface area contributed by atoms with E-state index in [4.69, 9.17) is 5.73 Å². The fraction of sp³-hybridized carbons (Fsp3) is 0.556. The van der Waals surface area contributed by atoms with Gasteiger partial charge in [-0.1, -0.05) is 50.0 Å². The van der Waals surface area contributed by atoms with Gasteiger partial charge in [-0.3, -0.25) is 0 Å². The Labute approximate surface area is 133 Å². The Balaban J connectivity index is 2.18. The van der Waals surface area contributed by atoms with E-state index in [1.165, 1.54) is 42.4 Å². The molecule has 1 aromatic heterocycles. The van der Waals surface area contributed by atoms with E-state index in [1.807, 2.05) is 4.68 Å². The summed E-state index contributed by atoms with van der Waals surface area (Å²) >= 11 is 0. The first-order chi connectivity index (χ1) is 10.7. The SMILES string of the molecule is CCCCCCCn1nnc(CN)c1-c1ccc(C)c(C)c1. The lowest BCUT2D eigenvalue weighted by Crippen LogP contribution is -2.05. The van der Waals surface area contributed by atoms with E-state index in [1.54, 1.807) is 0 Å². The average Bonchev–Trinajstić information content (AvgIpc) is 2.93. The zero-order valence-corrected chi connectivity index (χ0v) is 14.1. The van der Waals surface area contributed by atoms with Crippen LogP contribution in [0.25, 0.3) is 11.3 Å². The van der Waals surface area contributed by atoms with Crippen molar-refractivity contribution in [1.29, 1.82) is 0 Å². The molecule has 0 bridgehead atoms. The van der Waals surface area contributed by atoms with Gasteiger partial charge < -0.3 is 5.73 Å². The first kappa shape index (κ1) is 16.7. The van der Waals surface area contributed by atoms with Crippen molar-refractivity contribution in [3.63, 3.8) is 0 Å². The zero-order chi connectivity index (χ0) is 15.9. The third-order valence-electron chi connectivity index (χ3n) is 4.25. The largest absolute Gasteiger partial charge is 0.325 e. The van der Waals surface area contributed by atoms with E-state index in [0.717, 1.165) is 24.4 Å². The summed E-state index contributed by atoms with van der Waals surface area (Å²) in [5, 5.41) is 8.59. The maximum Gasteiger partial charge on any atom is 0.104 e. The molecule has 1 aromatic carbocycles. The number of aryl methyl sites for hydroxylation is 3. The number of aromatic nitrogens is 3. The Hall–Kier alpha value is -1.68. The van der Waals surface area contributed by atoms with Gasteiger partial charge in [-0.05, 0) is 37.5 Å². The van der Waals surface area contributed by atoms with Gasteiger partial charge in [0.05, 0.1) is 5.69 Å². The molecule has 0 saturated heterocycles. The highest BCUT2D eigenvalue weighted by Crippen LogP contribution is 2.25. The second-order valence-corrected chi connectivity index (χ2v) is 6.03.